The van der Waals surface area contributed by atoms with Crippen LogP contribution in [-0.4, -0.2) is 27.2 Å². The molecule has 17 heavy (non-hydrogen) atoms. The van der Waals surface area contributed by atoms with Crippen molar-refractivity contribution in [3.8, 4) is 0 Å². The molecule has 0 aromatic carbocycles. The molecule has 0 aliphatic carbocycles. The number of H-pyrrole nitrogens is 1. The number of nitro groups is 1. The summed E-state index contributed by atoms with van der Waals surface area (Å²) in [6.45, 7) is 3.72. The van der Waals surface area contributed by atoms with E-state index < -0.39 is 16.4 Å². The fourth-order valence-corrected chi connectivity index (χ4v) is 1.43. The fraction of sp³-hybridized carbons (Fsp3) is 0.500. The van der Waals surface area contributed by atoms with Crippen LogP contribution in [0.4, 0.5) is 5.69 Å². The number of aromatic nitrogens is 1. The average Bonchev–Trinajstić information content (AvgIpc) is 2.78. The number of hydrogen-bond acceptors (Lipinski definition) is 3. The zero-order valence-electron chi connectivity index (χ0n) is 9.62. The lowest BCUT2D eigenvalue weighted by molar-refractivity contribution is -0.384. The van der Waals surface area contributed by atoms with Crippen molar-refractivity contribution < 1.29 is 9.72 Å². The number of nitrogens with zero attached hydrogens (tertiary/aromatic N) is 1. The van der Waals surface area contributed by atoms with Crippen molar-refractivity contribution >= 4 is 23.2 Å². The molecular weight excluding hydrogens is 246 g/mol. The van der Waals surface area contributed by atoms with Crippen molar-refractivity contribution in [1.29, 1.82) is 0 Å². The van der Waals surface area contributed by atoms with E-state index in [1.807, 2.05) is 13.8 Å². The minimum absolute atomic E-state index is 0.140. The summed E-state index contributed by atoms with van der Waals surface area (Å²) < 4.78 is 0. The van der Waals surface area contributed by atoms with Crippen LogP contribution in [-0.2, 0) is 0 Å². The van der Waals surface area contributed by atoms with E-state index in [-0.39, 0.29) is 17.3 Å². The molecule has 1 heterocycles. The Labute approximate surface area is 103 Å². The Morgan fingerprint density at radius 1 is 1.71 bits per heavy atom. The highest BCUT2D eigenvalue weighted by atomic mass is 35.5. The quantitative estimate of drug-likeness (QED) is 0.482. The number of alkyl halides is 1. The van der Waals surface area contributed by atoms with Gasteiger partial charge in [-0.25, -0.2) is 0 Å². The molecule has 94 valence electrons. The smallest absolute Gasteiger partial charge is 0.287 e. The number of amides is 1. The molecule has 7 heteroatoms. The van der Waals surface area contributed by atoms with Crippen LogP contribution >= 0.6 is 11.6 Å². The van der Waals surface area contributed by atoms with Crippen LogP contribution in [0.15, 0.2) is 12.3 Å². The van der Waals surface area contributed by atoms with Crippen LogP contribution in [0, 0.1) is 10.1 Å². The maximum atomic E-state index is 11.8. The third kappa shape index (κ3) is 3.20. The lowest BCUT2D eigenvalue weighted by Gasteiger charge is -2.26. The van der Waals surface area contributed by atoms with Crippen molar-refractivity contribution in [3.63, 3.8) is 0 Å². The first-order chi connectivity index (χ1) is 7.91. The predicted molar refractivity (Wildman–Crippen MR) is 64.3 cm³/mol. The van der Waals surface area contributed by atoms with Crippen molar-refractivity contribution in [3.05, 3.63) is 28.1 Å². The van der Waals surface area contributed by atoms with Gasteiger partial charge in [-0.2, -0.15) is 0 Å². The van der Waals surface area contributed by atoms with Gasteiger partial charge in [0.1, 0.15) is 5.69 Å². The van der Waals surface area contributed by atoms with Crippen LogP contribution in [0.1, 0.15) is 30.8 Å². The molecule has 0 aliphatic rings. The van der Waals surface area contributed by atoms with Gasteiger partial charge in [0.15, 0.2) is 0 Å². The second-order valence-corrected chi connectivity index (χ2v) is 4.30. The molecule has 1 atom stereocenters. The van der Waals surface area contributed by atoms with E-state index >= 15 is 0 Å². The number of halogens is 1. The Kier molecular flexibility index (Phi) is 4.11. The van der Waals surface area contributed by atoms with E-state index in [0.29, 0.717) is 6.42 Å². The summed E-state index contributed by atoms with van der Waals surface area (Å²) in [6, 6.07) is 1.19. The second-order valence-electron chi connectivity index (χ2n) is 4.03. The highest BCUT2D eigenvalue weighted by Gasteiger charge is 2.25. The zero-order chi connectivity index (χ0) is 13.1. The van der Waals surface area contributed by atoms with Gasteiger partial charge in [-0.3, -0.25) is 14.9 Å². The topological polar surface area (TPSA) is 88.0 Å². The van der Waals surface area contributed by atoms with Gasteiger partial charge in [0.05, 0.1) is 16.7 Å². The van der Waals surface area contributed by atoms with Crippen molar-refractivity contribution in [2.24, 2.45) is 0 Å². The molecule has 0 fully saturated rings. The van der Waals surface area contributed by atoms with Crippen molar-refractivity contribution in [1.82, 2.24) is 10.3 Å². The summed E-state index contributed by atoms with van der Waals surface area (Å²) in [7, 11) is 0. The van der Waals surface area contributed by atoms with E-state index in [1.165, 1.54) is 12.3 Å². The lowest BCUT2D eigenvalue weighted by atomic mass is 10.0. The first-order valence-electron chi connectivity index (χ1n) is 5.13. The Balaban J connectivity index is 2.79. The van der Waals surface area contributed by atoms with Gasteiger partial charge in [0.25, 0.3) is 11.6 Å². The molecule has 2 N–H and O–H groups in total. The van der Waals surface area contributed by atoms with Crippen LogP contribution in [0.25, 0.3) is 0 Å². The predicted octanol–water partition coefficient (Wildman–Crippen LogP) is 2.06. The van der Waals surface area contributed by atoms with Gasteiger partial charge in [0, 0.05) is 11.9 Å². The number of hydrogen-bond donors (Lipinski definition) is 2. The minimum atomic E-state index is -0.562. The highest BCUT2D eigenvalue weighted by molar-refractivity contribution is 6.18. The van der Waals surface area contributed by atoms with Crippen molar-refractivity contribution in [2.45, 2.75) is 25.8 Å². The van der Waals surface area contributed by atoms with E-state index in [1.54, 1.807) is 0 Å². The number of nitrogens with one attached hydrogen (secondary N) is 2. The van der Waals surface area contributed by atoms with Gasteiger partial charge in [-0.05, 0) is 13.3 Å². The molecule has 1 amide bonds. The molecule has 1 aromatic heterocycles. The third-order valence-electron chi connectivity index (χ3n) is 2.61. The summed E-state index contributed by atoms with van der Waals surface area (Å²) in [5.41, 5.74) is -0.501. The molecular formula is C10H14ClN3O3. The Morgan fingerprint density at radius 2 is 2.35 bits per heavy atom. The van der Waals surface area contributed by atoms with Gasteiger partial charge < -0.3 is 10.3 Å². The average molecular weight is 260 g/mol. The Bertz CT molecular complexity index is 426. The van der Waals surface area contributed by atoms with Gasteiger partial charge >= 0.3 is 0 Å². The maximum Gasteiger partial charge on any atom is 0.287 e. The molecule has 1 aromatic rings. The van der Waals surface area contributed by atoms with E-state index in [2.05, 4.69) is 10.3 Å². The first-order valence-corrected chi connectivity index (χ1v) is 5.66. The Morgan fingerprint density at radius 3 is 2.76 bits per heavy atom. The summed E-state index contributed by atoms with van der Waals surface area (Å²) in [5.74, 6) is -0.124. The summed E-state index contributed by atoms with van der Waals surface area (Å²) in [6.07, 6.45) is 1.85. The fourth-order valence-electron chi connectivity index (χ4n) is 1.18. The van der Waals surface area contributed by atoms with Crippen LogP contribution < -0.4 is 5.32 Å². The second kappa shape index (κ2) is 5.18. The summed E-state index contributed by atoms with van der Waals surface area (Å²) in [5, 5.41) is 13.2. The number of aromatic amines is 1. The van der Waals surface area contributed by atoms with Gasteiger partial charge in [0.2, 0.25) is 0 Å². The van der Waals surface area contributed by atoms with E-state index in [9.17, 15) is 14.9 Å². The molecule has 6 nitrogen and oxygen atoms in total. The number of carbonyl (C=O) groups excluding carboxylic acids is 1. The molecule has 0 aliphatic heterocycles. The molecule has 1 unspecified atom stereocenters. The summed E-state index contributed by atoms with van der Waals surface area (Å²) >= 11 is 5.76. The molecule has 0 radical (unpaired) electrons. The van der Waals surface area contributed by atoms with Crippen LogP contribution in [0.3, 0.4) is 0 Å². The maximum absolute atomic E-state index is 11.8. The van der Waals surface area contributed by atoms with E-state index in [0.717, 1.165) is 0 Å². The summed E-state index contributed by atoms with van der Waals surface area (Å²) in [4.78, 5) is 24.3. The van der Waals surface area contributed by atoms with Crippen molar-refractivity contribution in [2.75, 3.05) is 5.88 Å². The number of carbonyl (C=O) groups is 1. The van der Waals surface area contributed by atoms with Gasteiger partial charge in [-0.15, -0.1) is 11.6 Å². The van der Waals surface area contributed by atoms with Crippen LogP contribution in [0.5, 0.6) is 0 Å². The largest absolute Gasteiger partial charge is 0.351 e. The van der Waals surface area contributed by atoms with Crippen LogP contribution in [0.2, 0.25) is 0 Å². The molecule has 0 bridgehead atoms. The SMILES string of the molecule is CCC(C)(CCl)NC(=O)c1cc([N+](=O)[O-])c[nH]1. The number of rotatable bonds is 5. The molecule has 0 saturated carbocycles. The third-order valence-corrected chi connectivity index (χ3v) is 3.20. The normalized spacial score (nSPS) is 14.1. The minimum Gasteiger partial charge on any atom is -0.351 e. The lowest BCUT2D eigenvalue weighted by Crippen LogP contribution is -2.47. The zero-order valence-corrected chi connectivity index (χ0v) is 10.4. The van der Waals surface area contributed by atoms with Gasteiger partial charge in [-0.1, -0.05) is 6.92 Å². The first kappa shape index (κ1) is 13.5. The van der Waals surface area contributed by atoms with E-state index in [4.69, 9.17) is 11.6 Å². The Hall–Kier alpha value is -1.56. The highest BCUT2D eigenvalue weighted by Crippen LogP contribution is 2.15. The molecule has 1 rings (SSSR count). The molecule has 0 saturated heterocycles. The monoisotopic (exact) mass is 259 g/mol. The standard InChI is InChI=1S/C10H14ClN3O3/c1-3-10(2,6-11)13-9(15)8-4-7(5-12-8)14(16)17/h4-5,12H,3,6H2,1-2H3,(H,13,15). The molecule has 0 spiro atoms.